The molecule has 2 heterocycles. The van der Waals surface area contributed by atoms with Gasteiger partial charge in [0.2, 0.25) is 0 Å². The van der Waals surface area contributed by atoms with Crippen LogP contribution in [0.25, 0.3) is 5.57 Å². The highest BCUT2D eigenvalue weighted by atomic mass is 19.1. The predicted molar refractivity (Wildman–Crippen MR) is 113 cm³/mol. The summed E-state index contributed by atoms with van der Waals surface area (Å²) in [5.74, 6) is -0.640. The SMILES string of the molecule is CCCOc1ccccc1N1C(=O)C(c2ccc(F)cc2)=C(N2CCCCC2)C1=O. The van der Waals surface area contributed by atoms with Crippen LogP contribution in [0.1, 0.15) is 38.2 Å². The van der Waals surface area contributed by atoms with E-state index in [1.807, 2.05) is 17.9 Å². The number of imide groups is 1. The minimum Gasteiger partial charge on any atom is -0.491 e. The first kappa shape index (κ1) is 20.1. The average Bonchev–Trinajstić information content (AvgIpc) is 3.03. The minimum absolute atomic E-state index is 0.326. The molecular formula is C24H25FN2O3. The first-order chi connectivity index (χ1) is 14.6. The maximum atomic E-state index is 13.6. The normalized spacial score (nSPS) is 17.1. The number of halogens is 1. The van der Waals surface area contributed by atoms with Crippen molar-refractivity contribution >= 4 is 23.1 Å². The smallest absolute Gasteiger partial charge is 0.282 e. The maximum Gasteiger partial charge on any atom is 0.282 e. The number of nitrogens with zero attached hydrogens (tertiary/aromatic N) is 2. The molecule has 1 saturated heterocycles. The topological polar surface area (TPSA) is 49.9 Å². The Morgan fingerprint density at radius 1 is 0.933 bits per heavy atom. The lowest BCUT2D eigenvalue weighted by Gasteiger charge is -2.29. The van der Waals surface area contributed by atoms with Gasteiger partial charge in [0.25, 0.3) is 11.8 Å². The summed E-state index contributed by atoms with van der Waals surface area (Å²) >= 11 is 0. The summed E-state index contributed by atoms with van der Waals surface area (Å²) in [5, 5.41) is 0. The summed E-state index contributed by atoms with van der Waals surface area (Å²) in [7, 11) is 0. The van der Waals surface area contributed by atoms with Crippen molar-refractivity contribution in [2.75, 3.05) is 24.6 Å². The zero-order chi connectivity index (χ0) is 21.1. The summed E-state index contributed by atoms with van der Waals surface area (Å²) < 4.78 is 19.3. The van der Waals surface area contributed by atoms with Crippen molar-refractivity contribution in [2.24, 2.45) is 0 Å². The van der Waals surface area contributed by atoms with Gasteiger partial charge in [-0.25, -0.2) is 9.29 Å². The molecule has 0 unspecified atom stereocenters. The van der Waals surface area contributed by atoms with Gasteiger partial charge in [0.05, 0.1) is 17.9 Å². The van der Waals surface area contributed by atoms with E-state index in [0.29, 0.717) is 34.9 Å². The van der Waals surface area contributed by atoms with Crippen LogP contribution in [0.5, 0.6) is 5.75 Å². The van der Waals surface area contributed by atoms with Crippen molar-refractivity contribution in [2.45, 2.75) is 32.6 Å². The summed E-state index contributed by atoms with van der Waals surface area (Å²) in [4.78, 5) is 30.3. The number of ether oxygens (including phenoxy) is 1. The number of anilines is 1. The Bertz CT molecular complexity index is 978. The molecule has 5 nitrogen and oxygen atoms in total. The number of piperidine rings is 1. The van der Waals surface area contributed by atoms with E-state index in [4.69, 9.17) is 4.74 Å². The van der Waals surface area contributed by atoms with Gasteiger partial charge in [-0.3, -0.25) is 9.59 Å². The van der Waals surface area contributed by atoms with Crippen LogP contribution in [0.3, 0.4) is 0 Å². The first-order valence-electron chi connectivity index (χ1n) is 10.5. The molecule has 2 aliphatic rings. The Hall–Kier alpha value is -3.15. The number of hydrogen-bond donors (Lipinski definition) is 0. The van der Waals surface area contributed by atoms with E-state index < -0.39 is 5.91 Å². The molecule has 30 heavy (non-hydrogen) atoms. The molecule has 4 rings (SSSR count). The van der Waals surface area contributed by atoms with Crippen LogP contribution in [-0.4, -0.2) is 36.4 Å². The van der Waals surface area contributed by atoms with Gasteiger partial charge in [0.15, 0.2) is 0 Å². The second kappa shape index (κ2) is 8.69. The van der Waals surface area contributed by atoms with Crippen LogP contribution in [0.15, 0.2) is 54.2 Å². The maximum absolute atomic E-state index is 13.6. The summed E-state index contributed by atoms with van der Waals surface area (Å²) in [5.41, 5.74) is 1.71. The van der Waals surface area contributed by atoms with Crippen molar-refractivity contribution in [1.82, 2.24) is 4.90 Å². The molecular weight excluding hydrogens is 383 g/mol. The lowest BCUT2D eigenvalue weighted by Crippen LogP contribution is -2.37. The Labute approximate surface area is 175 Å². The van der Waals surface area contributed by atoms with Crippen LogP contribution >= 0.6 is 0 Å². The summed E-state index contributed by atoms with van der Waals surface area (Å²) in [6.07, 6.45) is 3.86. The third-order valence-electron chi connectivity index (χ3n) is 5.43. The molecule has 2 amide bonds. The Kier molecular flexibility index (Phi) is 5.84. The van der Waals surface area contributed by atoms with Gasteiger partial charge in [-0.2, -0.15) is 0 Å². The van der Waals surface area contributed by atoms with Gasteiger partial charge in [-0.05, 0) is 55.5 Å². The lowest BCUT2D eigenvalue weighted by molar-refractivity contribution is -0.120. The number of carbonyl (C=O) groups excluding carboxylic acids is 2. The van der Waals surface area contributed by atoms with Crippen molar-refractivity contribution < 1.29 is 18.7 Å². The average molecular weight is 408 g/mol. The molecule has 0 bridgehead atoms. The number of benzene rings is 2. The monoisotopic (exact) mass is 408 g/mol. The molecule has 1 fully saturated rings. The second-order valence-corrected chi connectivity index (χ2v) is 7.54. The molecule has 0 aliphatic carbocycles. The zero-order valence-corrected chi connectivity index (χ0v) is 17.1. The van der Waals surface area contributed by atoms with Crippen LogP contribution < -0.4 is 9.64 Å². The van der Waals surface area contributed by atoms with Gasteiger partial charge in [0.1, 0.15) is 17.3 Å². The van der Waals surface area contributed by atoms with E-state index in [0.717, 1.165) is 38.8 Å². The van der Waals surface area contributed by atoms with E-state index in [2.05, 4.69) is 0 Å². The fourth-order valence-electron chi connectivity index (χ4n) is 4.00. The first-order valence-corrected chi connectivity index (χ1v) is 10.5. The Morgan fingerprint density at radius 3 is 2.33 bits per heavy atom. The number of amides is 2. The summed E-state index contributed by atoms with van der Waals surface area (Å²) in [6, 6.07) is 12.8. The van der Waals surface area contributed by atoms with Gasteiger partial charge in [-0.1, -0.05) is 31.2 Å². The number of rotatable bonds is 6. The molecule has 0 N–H and O–H groups in total. The zero-order valence-electron chi connectivity index (χ0n) is 17.1. The van der Waals surface area contributed by atoms with Crippen LogP contribution in [-0.2, 0) is 9.59 Å². The number of likely N-dealkylation sites (tertiary alicyclic amines) is 1. The van der Waals surface area contributed by atoms with E-state index in [1.165, 1.54) is 17.0 Å². The van der Waals surface area contributed by atoms with Crippen molar-refractivity contribution in [1.29, 1.82) is 0 Å². The Balaban J connectivity index is 1.80. The molecule has 0 spiro atoms. The van der Waals surface area contributed by atoms with Gasteiger partial charge in [-0.15, -0.1) is 0 Å². The number of carbonyl (C=O) groups is 2. The highest BCUT2D eigenvalue weighted by Crippen LogP contribution is 2.39. The van der Waals surface area contributed by atoms with Crippen LogP contribution in [0.4, 0.5) is 10.1 Å². The highest BCUT2D eigenvalue weighted by Gasteiger charge is 2.43. The largest absolute Gasteiger partial charge is 0.491 e. The molecule has 0 saturated carbocycles. The molecule has 2 aromatic rings. The second-order valence-electron chi connectivity index (χ2n) is 7.54. The molecule has 2 aromatic carbocycles. The third-order valence-corrected chi connectivity index (χ3v) is 5.43. The van der Waals surface area contributed by atoms with E-state index >= 15 is 0 Å². The van der Waals surface area contributed by atoms with Crippen LogP contribution in [0, 0.1) is 5.82 Å². The fraction of sp³-hybridized carbons (Fsp3) is 0.333. The number of hydrogen-bond acceptors (Lipinski definition) is 4. The molecule has 2 aliphatic heterocycles. The van der Waals surface area contributed by atoms with Crippen molar-refractivity contribution in [3.8, 4) is 5.75 Å². The number of para-hydroxylation sites is 2. The van der Waals surface area contributed by atoms with Gasteiger partial charge >= 0.3 is 0 Å². The van der Waals surface area contributed by atoms with Crippen molar-refractivity contribution in [3.05, 3.63) is 65.6 Å². The lowest BCUT2D eigenvalue weighted by atomic mass is 10.0. The molecule has 0 atom stereocenters. The molecule has 0 aromatic heterocycles. The Morgan fingerprint density at radius 2 is 1.63 bits per heavy atom. The highest BCUT2D eigenvalue weighted by molar-refractivity contribution is 6.45. The predicted octanol–water partition coefficient (Wildman–Crippen LogP) is 4.38. The third kappa shape index (κ3) is 3.70. The van der Waals surface area contributed by atoms with Crippen LogP contribution in [0.2, 0.25) is 0 Å². The van der Waals surface area contributed by atoms with Gasteiger partial charge in [0, 0.05) is 13.1 Å². The standard InChI is InChI=1S/C24H25FN2O3/c1-2-16-30-20-9-5-4-8-19(20)27-23(28)21(17-10-12-18(25)13-11-17)22(24(27)29)26-14-6-3-7-15-26/h4-5,8-13H,2-3,6-7,14-16H2,1H3. The van der Waals surface area contributed by atoms with E-state index in [9.17, 15) is 14.0 Å². The summed E-state index contributed by atoms with van der Waals surface area (Å²) in [6.45, 7) is 3.93. The fourth-order valence-corrected chi connectivity index (χ4v) is 4.00. The molecule has 6 heteroatoms. The van der Waals surface area contributed by atoms with E-state index in [-0.39, 0.29) is 11.7 Å². The van der Waals surface area contributed by atoms with Gasteiger partial charge < -0.3 is 9.64 Å². The molecule has 156 valence electrons. The minimum atomic E-state index is -0.403. The molecule has 0 radical (unpaired) electrons. The van der Waals surface area contributed by atoms with Crippen molar-refractivity contribution in [3.63, 3.8) is 0 Å². The van der Waals surface area contributed by atoms with E-state index in [1.54, 1.807) is 30.3 Å². The quantitative estimate of drug-likeness (QED) is 0.666.